The van der Waals surface area contributed by atoms with Gasteiger partial charge in [0.1, 0.15) is 5.82 Å². The number of rotatable bonds is 11. The molecule has 2 amide bonds. The van der Waals surface area contributed by atoms with Crippen LogP contribution in [0.5, 0.6) is 0 Å². The van der Waals surface area contributed by atoms with Crippen LogP contribution in [0.4, 0.5) is 23.3 Å². The molecule has 2 saturated heterocycles. The Labute approximate surface area is 333 Å². The zero-order valence-electron chi connectivity index (χ0n) is 31.1. The van der Waals surface area contributed by atoms with E-state index < -0.39 is 11.8 Å². The third kappa shape index (κ3) is 12.3. The van der Waals surface area contributed by atoms with Crippen molar-refractivity contribution in [3.05, 3.63) is 34.1 Å². The van der Waals surface area contributed by atoms with E-state index >= 15 is 0 Å². The van der Waals surface area contributed by atoms with Crippen molar-refractivity contribution in [2.24, 2.45) is 37.2 Å². The summed E-state index contributed by atoms with van der Waals surface area (Å²) in [5.74, 6) is -0.970. The van der Waals surface area contributed by atoms with Crippen LogP contribution in [0.1, 0.15) is 79.3 Å². The topological polar surface area (TPSA) is 360 Å². The van der Waals surface area contributed by atoms with Crippen LogP contribution in [0.15, 0.2) is 32.4 Å². The Morgan fingerprint density at radius 3 is 1.62 bits per heavy atom. The van der Waals surface area contributed by atoms with Gasteiger partial charge in [-0.15, -0.1) is 0 Å². The van der Waals surface area contributed by atoms with Crippen LogP contribution in [0.25, 0.3) is 0 Å². The number of hydrogen-bond donors (Lipinski definition) is 10. The van der Waals surface area contributed by atoms with E-state index in [0.717, 1.165) is 25.7 Å². The van der Waals surface area contributed by atoms with Crippen molar-refractivity contribution in [2.45, 2.75) is 70.4 Å². The number of unbranched alkanes of at least 4 members (excludes halogenated alkanes) is 3. The fraction of sp³-hybridized carbons (Fsp3) is 0.500. The summed E-state index contributed by atoms with van der Waals surface area (Å²) in [7, 11) is 0. The third-order valence-corrected chi connectivity index (χ3v) is 9.28. The number of piperidine rings is 2. The second-order valence-electron chi connectivity index (χ2n) is 12.9. The molecular formula is C32H50Cl2N20O2. The number of likely N-dealkylation sites (tertiary alicyclic amines) is 2. The molecule has 0 saturated carbocycles. The van der Waals surface area contributed by atoms with Crippen molar-refractivity contribution in [2.75, 3.05) is 55.7 Å². The molecule has 304 valence electrons. The zero-order chi connectivity index (χ0) is 40.9. The second-order valence-corrected chi connectivity index (χ2v) is 13.7. The van der Waals surface area contributed by atoms with Crippen molar-refractivity contribution in [3.63, 3.8) is 0 Å². The molecule has 0 spiro atoms. The lowest BCUT2D eigenvalue weighted by Gasteiger charge is -2.35. The normalized spacial score (nSPS) is 16.5. The van der Waals surface area contributed by atoms with Crippen molar-refractivity contribution in [1.29, 1.82) is 0 Å². The Morgan fingerprint density at radius 2 is 1.16 bits per heavy atom. The molecule has 0 unspecified atom stereocenters. The third-order valence-electron chi connectivity index (χ3n) is 8.73. The largest absolute Gasteiger partial charge is 0.382 e. The number of nitrogen functional groups attached to an aromatic ring is 4. The van der Waals surface area contributed by atoms with Crippen LogP contribution >= 0.6 is 23.2 Å². The Balaban J connectivity index is 1.37. The van der Waals surface area contributed by atoms with E-state index in [-0.39, 0.29) is 74.9 Å². The summed E-state index contributed by atoms with van der Waals surface area (Å²) in [5.41, 5.74) is 40.7. The molecule has 2 fully saturated rings. The molecule has 2 aromatic heterocycles. The molecule has 0 radical (unpaired) electrons. The molecule has 56 heavy (non-hydrogen) atoms. The van der Waals surface area contributed by atoms with Gasteiger partial charge in [-0.1, -0.05) is 56.0 Å². The number of aliphatic imine (C=N–C) groups is 4. The Kier molecular flexibility index (Phi) is 15.4. The standard InChI is InChI=1S/C32H50Cl2N20O2/c1-3-4-5-6-11-42-29(39)52-32(54-14-9-18(10-15-54)45-31(41)51-28(56)20-24(36)49-26(38)22(34)47-20)43-16(2)53-12-7-17(8-13-53)44-30(40)50-27(55)19-23(35)48-25(37)21(33)46-19/h17-18H,2-15H2,1H3,(H4,35,37,48)(H4,36,38,49)(H3,39,42,43,52)(H3,40,44,50,55)(H3,41,45,51,56). The van der Waals surface area contributed by atoms with Gasteiger partial charge in [-0.3, -0.25) is 30.5 Å². The molecule has 2 aliphatic heterocycles. The van der Waals surface area contributed by atoms with Crippen LogP contribution in [-0.2, 0) is 0 Å². The number of nitrogens with two attached hydrogens (primary N) is 7. The molecule has 0 aromatic carbocycles. The minimum atomic E-state index is -0.718. The Hall–Kier alpha value is -5.90. The lowest BCUT2D eigenvalue weighted by molar-refractivity contribution is 0.0963. The maximum absolute atomic E-state index is 12.7. The fourth-order valence-corrected chi connectivity index (χ4v) is 6.00. The first-order chi connectivity index (χ1) is 26.6. The van der Waals surface area contributed by atoms with Crippen molar-refractivity contribution < 1.29 is 9.59 Å². The summed E-state index contributed by atoms with van der Waals surface area (Å²) < 4.78 is 0. The molecule has 0 aliphatic carbocycles. The molecule has 24 heteroatoms. The number of carbonyl (C=O) groups excluding carboxylic acids is 2. The summed E-state index contributed by atoms with van der Waals surface area (Å²) in [4.78, 5) is 63.1. The average molecular weight is 818 g/mol. The number of carbonyl (C=O) groups is 2. The predicted molar refractivity (Wildman–Crippen MR) is 219 cm³/mol. The number of hydrogen-bond acceptors (Lipinski definition) is 15. The lowest BCUT2D eigenvalue weighted by atomic mass is 10.1. The minimum Gasteiger partial charge on any atom is -0.382 e. The highest BCUT2D eigenvalue weighted by atomic mass is 35.5. The number of amides is 2. The van der Waals surface area contributed by atoms with Gasteiger partial charge in [-0.25, -0.2) is 29.9 Å². The molecule has 4 heterocycles. The monoisotopic (exact) mass is 816 g/mol. The van der Waals surface area contributed by atoms with E-state index in [2.05, 4.69) is 64.4 Å². The quantitative estimate of drug-likeness (QED) is 0.0806. The van der Waals surface area contributed by atoms with E-state index in [1.807, 2.05) is 9.80 Å². The first-order valence-corrected chi connectivity index (χ1v) is 18.7. The maximum atomic E-state index is 12.7. The highest BCUT2D eigenvalue weighted by molar-refractivity contribution is 6.32. The van der Waals surface area contributed by atoms with Crippen LogP contribution < -0.4 is 56.1 Å². The van der Waals surface area contributed by atoms with E-state index in [0.29, 0.717) is 70.2 Å². The summed E-state index contributed by atoms with van der Waals surface area (Å²) >= 11 is 11.8. The van der Waals surface area contributed by atoms with Gasteiger partial charge < -0.3 is 49.9 Å². The number of guanidine groups is 4. The van der Waals surface area contributed by atoms with Gasteiger partial charge in [0, 0.05) is 32.7 Å². The number of aromatic nitrogens is 4. The van der Waals surface area contributed by atoms with E-state index in [1.54, 1.807) is 0 Å². The van der Waals surface area contributed by atoms with Gasteiger partial charge in [0.25, 0.3) is 11.8 Å². The summed E-state index contributed by atoms with van der Waals surface area (Å²) in [5, 5.41) is 7.81. The average Bonchev–Trinajstić information content (AvgIpc) is 3.14. The lowest BCUT2D eigenvalue weighted by Crippen LogP contribution is -2.51. The number of halogens is 2. The summed E-state index contributed by atoms with van der Waals surface area (Å²) in [6.07, 6.45) is 6.62. The predicted octanol–water partition coefficient (Wildman–Crippen LogP) is -0.0680. The highest BCUT2D eigenvalue weighted by Gasteiger charge is 2.26. The minimum absolute atomic E-state index is 0.0943. The molecule has 22 nitrogen and oxygen atoms in total. The van der Waals surface area contributed by atoms with E-state index in [4.69, 9.17) is 68.3 Å². The molecule has 0 atom stereocenters. The van der Waals surface area contributed by atoms with E-state index in [9.17, 15) is 9.59 Å². The SMILES string of the molecule is C=C(N=C(NC(N)=NCCCCCC)N1CCC(N=C(N)NC(=O)c2nc(Cl)c(N)nc2N)CC1)N1CCC(N=C(N)NC(=O)c2nc(Cl)c(N)nc2N)CC1. The summed E-state index contributed by atoms with van der Waals surface area (Å²) in [6.45, 7) is 9.17. The Morgan fingerprint density at radius 1 is 0.696 bits per heavy atom. The van der Waals surface area contributed by atoms with Gasteiger partial charge in [0.05, 0.1) is 12.1 Å². The molecule has 2 aliphatic rings. The van der Waals surface area contributed by atoms with Crippen LogP contribution in [0.3, 0.4) is 0 Å². The van der Waals surface area contributed by atoms with Gasteiger partial charge in [-0.05, 0) is 32.1 Å². The van der Waals surface area contributed by atoms with Gasteiger partial charge >= 0.3 is 0 Å². The van der Waals surface area contributed by atoms with Crippen molar-refractivity contribution in [1.82, 2.24) is 45.7 Å². The molecule has 4 rings (SSSR count). The van der Waals surface area contributed by atoms with Crippen molar-refractivity contribution in [3.8, 4) is 0 Å². The van der Waals surface area contributed by atoms with Crippen LogP contribution in [0, 0.1) is 0 Å². The maximum Gasteiger partial charge on any atom is 0.280 e. The second kappa shape index (κ2) is 20.1. The first-order valence-electron chi connectivity index (χ1n) is 18.0. The molecular weight excluding hydrogens is 767 g/mol. The van der Waals surface area contributed by atoms with E-state index in [1.165, 1.54) is 0 Å². The number of anilines is 4. The fourth-order valence-electron chi connectivity index (χ4n) is 5.75. The van der Waals surface area contributed by atoms with Gasteiger partial charge in [0.2, 0.25) is 5.96 Å². The Bertz CT molecular complexity index is 1870. The number of nitrogens with zero attached hydrogens (tertiary/aromatic N) is 10. The summed E-state index contributed by atoms with van der Waals surface area (Å²) in [6, 6.07) is -0.383. The van der Waals surface area contributed by atoms with Crippen LogP contribution in [-0.4, -0.2) is 110 Å². The van der Waals surface area contributed by atoms with Gasteiger partial charge in [0.15, 0.2) is 62.8 Å². The first kappa shape index (κ1) is 42.8. The van der Waals surface area contributed by atoms with Crippen LogP contribution in [0.2, 0.25) is 10.3 Å². The molecule has 0 bridgehead atoms. The molecule has 2 aromatic rings. The van der Waals surface area contributed by atoms with Crippen molar-refractivity contribution >= 4 is 82.1 Å². The molecule has 17 N–H and O–H groups in total. The number of nitrogens with one attached hydrogen (secondary N) is 3. The highest BCUT2D eigenvalue weighted by Crippen LogP contribution is 2.21. The van der Waals surface area contributed by atoms with Gasteiger partial charge in [-0.2, -0.15) is 4.99 Å². The smallest absolute Gasteiger partial charge is 0.280 e. The zero-order valence-corrected chi connectivity index (χ0v) is 32.7.